The molecule has 0 saturated carbocycles. The third kappa shape index (κ3) is 4.82. The van der Waals surface area contributed by atoms with Crippen molar-refractivity contribution in [3.63, 3.8) is 0 Å². The average Bonchev–Trinajstić information content (AvgIpc) is 3.11. The smallest absolute Gasteiger partial charge is 0.325 e. The lowest BCUT2D eigenvalue weighted by molar-refractivity contribution is -0.132. The molecule has 1 aromatic carbocycles. The molecule has 2 aromatic rings. The van der Waals surface area contributed by atoms with Gasteiger partial charge in [0.1, 0.15) is 17.6 Å². The molecule has 0 radical (unpaired) electrons. The fourth-order valence-corrected chi connectivity index (χ4v) is 3.99. The normalized spacial score (nSPS) is 18.7. The Balaban J connectivity index is 1.25. The summed E-state index contributed by atoms with van der Waals surface area (Å²) in [5.41, 5.74) is 0.830. The molecule has 3 heterocycles. The van der Waals surface area contributed by atoms with Gasteiger partial charge in [-0.3, -0.25) is 14.5 Å². The Morgan fingerprint density at radius 1 is 1.09 bits per heavy atom. The molecule has 0 aliphatic carbocycles. The standard InChI is InChI=1S/C23H27N5O4/c1-32-18-7-5-17(6-8-18)16-28-22(30)19(25-23(28)31)9-10-21(29)27-14-12-26(13-15-27)20-4-2-3-11-24-20/h2-8,11,19H,9-10,12-16H2,1H3,(H,25,31)/t19-/m0/s1. The van der Waals surface area contributed by atoms with Crippen molar-refractivity contribution in [3.05, 3.63) is 54.2 Å². The number of aromatic nitrogens is 1. The number of pyridine rings is 1. The molecule has 9 nitrogen and oxygen atoms in total. The maximum Gasteiger partial charge on any atom is 0.325 e. The Kier molecular flexibility index (Phi) is 6.53. The lowest BCUT2D eigenvalue weighted by Crippen LogP contribution is -2.49. The van der Waals surface area contributed by atoms with E-state index in [1.807, 2.05) is 35.2 Å². The first-order valence-electron chi connectivity index (χ1n) is 10.7. The van der Waals surface area contributed by atoms with E-state index < -0.39 is 12.1 Å². The number of ether oxygens (including phenoxy) is 1. The Bertz CT molecular complexity index is 958. The van der Waals surface area contributed by atoms with Gasteiger partial charge in [0.05, 0.1) is 13.7 Å². The monoisotopic (exact) mass is 437 g/mol. The molecule has 2 aliphatic heterocycles. The van der Waals surface area contributed by atoms with Gasteiger partial charge in [-0.15, -0.1) is 0 Å². The van der Waals surface area contributed by atoms with Crippen LogP contribution in [0.25, 0.3) is 0 Å². The predicted molar refractivity (Wildman–Crippen MR) is 118 cm³/mol. The minimum Gasteiger partial charge on any atom is -0.497 e. The summed E-state index contributed by atoms with van der Waals surface area (Å²) in [4.78, 5) is 47.2. The number of nitrogens with one attached hydrogen (secondary N) is 1. The largest absolute Gasteiger partial charge is 0.497 e. The topological polar surface area (TPSA) is 95.1 Å². The molecule has 0 unspecified atom stereocenters. The van der Waals surface area contributed by atoms with Crippen molar-refractivity contribution < 1.29 is 19.1 Å². The molecule has 0 bridgehead atoms. The number of anilines is 1. The fraction of sp³-hybridized carbons (Fsp3) is 0.391. The molecule has 1 atom stereocenters. The molecule has 4 rings (SSSR count). The van der Waals surface area contributed by atoms with E-state index >= 15 is 0 Å². The van der Waals surface area contributed by atoms with Crippen LogP contribution in [0.2, 0.25) is 0 Å². The van der Waals surface area contributed by atoms with Crippen molar-refractivity contribution in [1.82, 2.24) is 20.1 Å². The van der Waals surface area contributed by atoms with Crippen molar-refractivity contribution in [1.29, 1.82) is 0 Å². The van der Waals surface area contributed by atoms with E-state index in [9.17, 15) is 14.4 Å². The molecule has 1 aromatic heterocycles. The fourth-order valence-electron chi connectivity index (χ4n) is 3.99. The Labute approximate surface area is 187 Å². The third-order valence-electron chi connectivity index (χ3n) is 5.86. The first-order chi connectivity index (χ1) is 15.5. The van der Waals surface area contributed by atoms with Gasteiger partial charge >= 0.3 is 6.03 Å². The van der Waals surface area contributed by atoms with E-state index in [1.165, 1.54) is 4.90 Å². The highest BCUT2D eigenvalue weighted by Crippen LogP contribution is 2.19. The van der Waals surface area contributed by atoms with E-state index in [0.717, 1.165) is 24.5 Å². The number of hydrogen-bond donors (Lipinski definition) is 1. The Morgan fingerprint density at radius 3 is 2.50 bits per heavy atom. The highest BCUT2D eigenvalue weighted by atomic mass is 16.5. The van der Waals surface area contributed by atoms with Crippen molar-refractivity contribution in [2.45, 2.75) is 25.4 Å². The molecule has 168 valence electrons. The number of nitrogens with zero attached hydrogens (tertiary/aromatic N) is 4. The van der Waals surface area contributed by atoms with Gasteiger partial charge in [0, 0.05) is 38.8 Å². The number of imide groups is 1. The summed E-state index contributed by atoms with van der Waals surface area (Å²) >= 11 is 0. The second-order valence-electron chi connectivity index (χ2n) is 7.87. The van der Waals surface area contributed by atoms with Gasteiger partial charge in [-0.1, -0.05) is 18.2 Å². The molecular weight excluding hydrogens is 410 g/mol. The lowest BCUT2D eigenvalue weighted by Gasteiger charge is -2.35. The average molecular weight is 438 g/mol. The molecule has 9 heteroatoms. The zero-order valence-corrected chi connectivity index (χ0v) is 18.1. The lowest BCUT2D eigenvalue weighted by atomic mass is 10.1. The highest BCUT2D eigenvalue weighted by molar-refractivity contribution is 6.04. The summed E-state index contributed by atoms with van der Waals surface area (Å²) in [5, 5.41) is 2.71. The zero-order chi connectivity index (χ0) is 22.5. The summed E-state index contributed by atoms with van der Waals surface area (Å²) in [6.45, 7) is 2.86. The predicted octanol–water partition coefficient (Wildman–Crippen LogP) is 1.64. The second-order valence-corrected chi connectivity index (χ2v) is 7.87. The van der Waals surface area contributed by atoms with Gasteiger partial charge in [-0.2, -0.15) is 0 Å². The van der Waals surface area contributed by atoms with Crippen LogP contribution in [0.4, 0.5) is 10.6 Å². The molecular formula is C23H27N5O4. The molecule has 2 fully saturated rings. The summed E-state index contributed by atoms with van der Waals surface area (Å²) in [6, 6.07) is 11.9. The zero-order valence-electron chi connectivity index (χ0n) is 18.1. The maximum absolute atomic E-state index is 12.7. The first kappa shape index (κ1) is 21.6. The number of amides is 4. The summed E-state index contributed by atoms with van der Waals surface area (Å²) in [5.74, 6) is 1.33. The van der Waals surface area contributed by atoms with Crippen LogP contribution >= 0.6 is 0 Å². The number of hydrogen-bond acceptors (Lipinski definition) is 6. The third-order valence-corrected chi connectivity index (χ3v) is 5.86. The van der Waals surface area contributed by atoms with Crippen molar-refractivity contribution in [3.8, 4) is 5.75 Å². The van der Waals surface area contributed by atoms with E-state index in [2.05, 4.69) is 15.2 Å². The first-order valence-corrected chi connectivity index (χ1v) is 10.7. The molecule has 32 heavy (non-hydrogen) atoms. The van der Waals surface area contributed by atoms with Gasteiger partial charge in [0.25, 0.3) is 5.91 Å². The van der Waals surface area contributed by atoms with Gasteiger partial charge in [-0.25, -0.2) is 9.78 Å². The highest BCUT2D eigenvalue weighted by Gasteiger charge is 2.38. The molecule has 2 aliphatic rings. The van der Waals surface area contributed by atoms with Gasteiger partial charge in [0.15, 0.2) is 0 Å². The number of piperazine rings is 1. The number of carbonyl (C=O) groups is 3. The van der Waals surface area contributed by atoms with Crippen LogP contribution in [0, 0.1) is 0 Å². The Morgan fingerprint density at radius 2 is 1.84 bits per heavy atom. The van der Waals surface area contributed by atoms with Crippen molar-refractivity contribution >= 4 is 23.7 Å². The van der Waals surface area contributed by atoms with Gasteiger partial charge < -0.3 is 19.9 Å². The SMILES string of the molecule is COc1ccc(CN2C(=O)N[C@@H](CCC(=O)N3CCN(c4ccccn4)CC3)C2=O)cc1. The van der Waals surface area contributed by atoms with E-state index in [0.29, 0.717) is 25.3 Å². The number of benzene rings is 1. The number of rotatable bonds is 7. The summed E-state index contributed by atoms with van der Waals surface area (Å²) in [7, 11) is 1.58. The van der Waals surface area contributed by atoms with Crippen LogP contribution in [0.1, 0.15) is 18.4 Å². The van der Waals surface area contributed by atoms with Crippen LogP contribution in [0.15, 0.2) is 48.7 Å². The maximum atomic E-state index is 12.7. The van der Waals surface area contributed by atoms with Gasteiger partial charge in [-0.05, 0) is 36.2 Å². The van der Waals surface area contributed by atoms with Crippen LogP contribution in [-0.2, 0) is 16.1 Å². The van der Waals surface area contributed by atoms with Crippen LogP contribution in [-0.4, -0.2) is 72.0 Å². The molecule has 2 saturated heterocycles. The number of urea groups is 1. The number of carbonyl (C=O) groups excluding carboxylic acids is 3. The summed E-state index contributed by atoms with van der Waals surface area (Å²) < 4.78 is 5.13. The molecule has 1 N–H and O–H groups in total. The minimum absolute atomic E-state index is 0.00123. The van der Waals surface area contributed by atoms with Crippen LogP contribution in [0.3, 0.4) is 0 Å². The Hall–Kier alpha value is -3.62. The van der Waals surface area contributed by atoms with Crippen LogP contribution in [0.5, 0.6) is 5.75 Å². The van der Waals surface area contributed by atoms with Gasteiger partial charge in [0.2, 0.25) is 5.91 Å². The molecule has 4 amide bonds. The quantitative estimate of drug-likeness (QED) is 0.662. The summed E-state index contributed by atoms with van der Waals surface area (Å²) in [6.07, 6.45) is 2.28. The van der Waals surface area contributed by atoms with E-state index in [4.69, 9.17) is 4.74 Å². The van der Waals surface area contributed by atoms with Crippen LogP contribution < -0.4 is 15.0 Å². The second kappa shape index (κ2) is 9.67. The van der Waals surface area contributed by atoms with Crippen molar-refractivity contribution in [2.75, 3.05) is 38.2 Å². The molecule has 0 spiro atoms. The van der Waals surface area contributed by atoms with E-state index in [-0.39, 0.29) is 24.8 Å². The number of methoxy groups -OCH3 is 1. The minimum atomic E-state index is -0.667. The van der Waals surface area contributed by atoms with Crippen molar-refractivity contribution in [2.24, 2.45) is 0 Å². The van der Waals surface area contributed by atoms with E-state index in [1.54, 1.807) is 25.4 Å².